The standard InChI is InChI=1S/C30H42N2O5.ClH/c1-32(20-30(13-7-14-30)19-21-9-12-25(34-2)26(16-21)35-3)15-6-8-22-10-11-23-17-27(36-4)28(37-5)18-24(23)31-29(22)33;/h9,12,16-18,22H,6-8,10-11,13-15,19-20H2,1-5H3,(H,31,33);1H/t22-;/m1./s1. The second kappa shape index (κ2) is 13.4. The number of rotatable bonds is 12. The molecule has 1 amide bonds. The smallest absolute Gasteiger partial charge is 0.227 e. The summed E-state index contributed by atoms with van der Waals surface area (Å²) in [7, 11) is 8.83. The summed E-state index contributed by atoms with van der Waals surface area (Å²) in [5, 5.41) is 3.13. The molecule has 0 unspecified atom stereocenters. The van der Waals surface area contributed by atoms with Crippen LogP contribution < -0.4 is 24.3 Å². The molecule has 1 N–H and O–H groups in total. The highest BCUT2D eigenvalue weighted by atomic mass is 35.5. The van der Waals surface area contributed by atoms with Crippen molar-refractivity contribution in [1.29, 1.82) is 0 Å². The molecule has 210 valence electrons. The maximum absolute atomic E-state index is 13.0. The van der Waals surface area contributed by atoms with E-state index < -0.39 is 0 Å². The maximum atomic E-state index is 13.0. The molecule has 0 spiro atoms. The SMILES string of the molecule is COc1ccc(CC2(CN(C)CCC[C@@H]3CCc4cc(OC)c(OC)cc4NC3=O)CCC2)cc1OC.Cl. The van der Waals surface area contributed by atoms with Gasteiger partial charge in [0.25, 0.3) is 0 Å². The highest BCUT2D eigenvalue weighted by Crippen LogP contribution is 2.45. The molecular weight excluding hydrogens is 504 g/mol. The molecule has 1 saturated carbocycles. The Morgan fingerprint density at radius 1 is 0.947 bits per heavy atom. The Balaban J connectivity index is 0.00000400. The third-order valence-corrected chi connectivity index (χ3v) is 8.14. The number of fused-ring (bicyclic) bond motifs is 1. The van der Waals surface area contributed by atoms with Crippen molar-refractivity contribution in [2.24, 2.45) is 11.3 Å². The van der Waals surface area contributed by atoms with E-state index in [1.807, 2.05) is 18.2 Å². The van der Waals surface area contributed by atoms with Crippen molar-refractivity contribution in [3.8, 4) is 23.0 Å². The van der Waals surface area contributed by atoms with E-state index >= 15 is 0 Å². The van der Waals surface area contributed by atoms with Crippen LogP contribution in [0, 0.1) is 11.3 Å². The zero-order valence-corrected chi connectivity index (χ0v) is 24.2. The van der Waals surface area contributed by atoms with E-state index in [2.05, 4.69) is 29.4 Å². The zero-order valence-electron chi connectivity index (χ0n) is 23.4. The summed E-state index contributed by atoms with van der Waals surface area (Å²) >= 11 is 0. The quantitative estimate of drug-likeness (QED) is 0.364. The van der Waals surface area contributed by atoms with Crippen molar-refractivity contribution in [3.63, 3.8) is 0 Å². The molecule has 8 heteroatoms. The molecule has 2 aromatic carbocycles. The second-order valence-corrected chi connectivity index (χ2v) is 10.7. The van der Waals surface area contributed by atoms with Gasteiger partial charge in [0.15, 0.2) is 23.0 Å². The first-order chi connectivity index (χ1) is 17.9. The van der Waals surface area contributed by atoms with Gasteiger partial charge in [-0.1, -0.05) is 12.5 Å². The maximum Gasteiger partial charge on any atom is 0.227 e. The molecule has 7 nitrogen and oxygen atoms in total. The van der Waals surface area contributed by atoms with Gasteiger partial charge in [-0.05, 0) is 93.3 Å². The molecule has 0 radical (unpaired) electrons. The highest BCUT2D eigenvalue weighted by Gasteiger charge is 2.38. The number of carbonyl (C=O) groups is 1. The number of methoxy groups -OCH3 is 4. The molecule has 1 fully saturated rings. The monoisotopic (exact) mass is 546 g/mol. The number of anilines is 1. The average Bonchev–Trinajstić information content (AvgIpc) is 3.03. The molecule has 0 bridgehead atoms. The zero-order chi connectivity index (χ0) is 26.4. The summed E-state index contributed by atoms with van der Waals surface area (Å²) in [6.45, 7) is 2.06. The minimum Gasteiger partial charge on any atom is -0.493 e. The lowest BCUT2D eigenvalue weighted by Crippen LogP contribution is -2.42. The van der Waals surface area contributed by atoms with Crippen LogP contribution >= 0.6 is 12.4 Å². The number of carbonyl (C=O) groups excluding carboxylic acids is 1. The largest absolute Gasteiger partial charge is 0.493 e. The van der Waals surface area contributed by atoms with Crippen LogP contribution in [0.25, 0.3) is 0 Å². The van der Waals surface area contributed by atoms with Crippen molar-refractivity contribution in [2.45, 2.75) is 51.4 Å². The summed E-state index contributed by atoms with van der Waals surface area (Å²) < 4.78 is 21.8. The van der Waals surface area contributed by atoms with Gasteiger partial charge in [0, 0.05) is 24.2 Å². The molecular formula is C30H43ClN2O5. The van der Waals surface area contributed by atoms with E-state index in [9.17, 15) is 4.79 Å². The average molecular weight is 547 g/mol. The Bertz CT molecular complexity index is 1090. The fourth-order valence-electron chi connectivity index (χ4n) is 5.97. The van der Waals surface area contributed by atoms with Crippen molar-refractivity contribution in [3.05, 3.63) is 41.5 Å². The van der Waals surface area contributed by atoms with Crippen molar-refractivity contribution in [1.82, 2.24) is 4.90 Å². The van der Waals surface area contributed by atoms with Crippen LogP contribution in [-0.4, -0.2) is 59.4 Å². The summed E-state index contributed by atoms with van der Waals surface area (Å²) in [5.41, 5.74) is 3.55. The fourth-order valence-corrected chi connectivity index (χ4v) is 5.97. The molecule has 4 rings (SSSR count). The van der Waals surface area contributed by atoms with Gasteiger partial charge in [-0.2, -0.15) is 0 Å². The lowest BCUT2D eigenvalue weighted by atomic mass is 9.65. The normalized spacial score (nSPS) is 17.8. The summed E-state index contributed by atoms with van der Waals surface area (Å²) in [4.78, 5) is 15.4. The minimum atomic E-state index is 0. The van der Waals surface area contributed by atoms with Crippen LogP contribution in [0.3, 0.4) is 0 Å². The number of ether oxygens (including phenoxy) is 4. The number of benzene rings is 2. The lowest BCUT2D eigenvalue weighted by molar-refractivity contribution is -0.120. The molecule has 1 atom stereocenters. The van der Waals surface area contributed by atoms with E-state index in [1.165, 1.54) is 24.8 Å². The number of amides is 1. The van der Waals surface area contributed by atoms with Crippen LogP contribution in [0.1, 0.15) is 49.7 Å². The van der Waals surface area contributed by atoms with Crippen LogP contribution in [0.5, 0.6) is 23.0 Å². The predicted molar refractivity (Wildman–Crippen MR) is 153 cm³/mol. The first-order valence-corrected chi connectivity index (χ1v) is 13.4. The van der Waals surface area contributed by atoms with E-state index in [0.717, 1.165) is 67.9 Å². The lowest BCUT2D eigenvalue weighted by Gasteiger charge is -2.45. The first-order valence-electron chi connectivity index (χ1n) is 13.4. The Morgan fingerprint density at radius 2 is 1.61 bits per heavy atom. The van der Waals surface area contributed by atoms with Crippen LogP contribution in [0.4, 0.5) is 5.69 Å². The molecule has 1 aliphatic heterocycles. The molecule has 0 aromatic heterocycles. The van der Waals surface area contributed by atoms with Crippen molar-refractivity contribution in [2.75, 3.05) is 53.9 Å². The summed E-state index contributed by atoms with van der Waals surface area (Å²) in [6.07, 6.45) is 8.44. The highest BCUT2D eigenvalue weighted by molar-refractivity contribution is 5.94. The molecule has 2 aliphatic rings. The molecule has 38 heavy (non-hydrogen) atoms. The third kappa shape index (κ3) is 6.86. The van der Waals surface area contributed by atoms with E-state index in [-0.39, 0.29) is 24.2 Å². The van der Waals surface area contributed by atoms with Gasteiger partial charge in [-0.25, -0.2) is 0 Å². The third-order valence-electron chi connectivity index (χ3n) is 8.14. The van der Waals surface area contributed by atoms with E-state index in [0.29, 0.717) is 16.9 Å². The minimum absolute atomic E-state index is 0. The predicted octanol–water partition coefficient (Wildman–Crippen LogP) is 5.77. The van der Waals surface area contributed by atoms with Crippen LogP contribution in [0.2, 0.25) is 0 Å². The Hall–Kier alpha value is -2.64. The Kier molecular flexibility index (Phi) is 10.6. The number of hydrogen-bond acceptors (Lipinski definition) is 6. The second-order valence-electron chi connectivity index (χ2n) is 10.7. The van der Waals surface area contributed by atoms with Crippen molar-refractivity contribution < 1.29 is 23.7 Å². The number of aryl methyl sites for hydroxylation is 1. The first kappa shape index (κ1) is 29.9. The number of nitrogens with zero attached hydrogens (tertiary/aromatic N) is 1. The molecule has 2 aromatic rings. The van der Waals surface area contributed by atoms with Gasteiger partial charge < -0.3 is 29.2 Å². The fraction of sp³-hybridized carbons (Fsp3) is 0.567. The molecule has 1 aliphatic carbocycles. The Labute approximate surface area is 233 Å². The van der Waals surface area contributed by atoms with Gasteiger partial charge in [0.05, 0.1) is 28.4 Å². The number of nitrogens with one attached hydrogen (secondary N) is 1. The van der Waals surface area contributed by atoms with Gasteiger partial charge >= 0.3 is 0 Å². The Morgan fingerprint density at radius 3 is 2.24 bits per heavy atom. The van der Waals surface area contributed by atoms with Gasteiger partial charge in [0.1, 0.15) is 0 Å². The van der Waals surface area contributed by atoms with Crippen LogP contribution in [0.15, 0.2) is 30.3 Å². The van der Waals surface area contributed by atoms with E-state index in [4.69, 9.17) is 18.9 Å². The van der Waals surface area contributed by atoms with E-state index in [1.54, 1.807) is 28.4 Å². The number of hydrogen-bond donors (Lipinski definition) is 1. The van der Waals surface area contributed by atoms with Gasteiger partial charge in [0.2, 0.25) is 5.91 Å². The molecule has 1 heterocycles. The van der Waals surface area contributed by atoms with Crippen molar-refractivity contribution >= 4 is 24.0 Å². The van der Waals surface area contributed by atoms with Gasteiger partial charge in [-0.15, -0.1) is 12.4 Å². The summed E-state index contributed by atoms with van der Waals surface area (Å²) in [5.74, 6) is 3.03. The molecule has 0 saturated heterocycles. The van der Waals surface area contributed by atoms with Gasteiger partial charge in [-0.3, -0.25) is 4.79 Å². The van der Waals surface area contributed by atoms with Crippen LogP contribution in [-0.2, 0) is 17.6 Å². The summed E-state index contributed by atoms with van der Waals surface area (Å²) in [6, 6.07) is 10.1. The topological polar surface area (TPSA) is 69.3 Å². The number of halogens is 1.